The first-order chi connectivity index (χ1) is 7.12. The zero-order valence-electron chi connectivity index (χ0n) is 9.73. The van der Waals surface area contributed by atoms with Crippen LogP contribution in [0.2, 0.25) is 0 Å². The van der Waals surface area contributed by atoms with Crippen molar-refractivity contribution in [2.75, 3.05) is 24.7 Å². The molecule has 3 N–H and O–H groups in total. The first-order valence-corrected chi connectivity index (χ1v) is 7.46. The number of halogens is 1. The van der Waals surface area contributed by atoms with Gasteiger partial charge in [0.05, 0.1) is 11.5 Å². The van der Waals surface area contributed by atoms with Crippen molar-refractivity contribution in [1.29, 1.82) is 0 Å². The summed E-state index contributed by atoms with van der Waals surface area (Å²) >= 11 is 0. The Balaban J connectivity index is 0. The third-order valence-electron chi connectivity index (χ3n) is 2.27. The Morgan fingerprint density at radius 1 is 0.875 bits per heavy atom. The highest BCUT2D eigenvalue weighted by atomic mass is 35.5. The molecule has 0 bridgehead atoms. The van der Waals surface area contributed by atoms with Gasteiger partial charge in [-0.1, -0.05) is 12.8 Å². The normalized spacial score (nSPS) is 11.1. The molecule has 0 saturated carbocycles. The van der Waals surface area contributed by atoms with Gasteiger partial charge >= 0.3 is 0 Å². The van der Waals surface area contributed by atoms with Gasteiger partial charge in [-0.25, -0.2) is 8.42 Å². The second kappa shape index (κ2) is 11.6. The summed E-state index contributed by atoms with van der Waals surface area (Å²) in [5.41, 5.74) is 5.34. The Labute approximate surface area is 105 Å². The molecule has 0 aromatic heterocycles. The van der Waals surface area contributed by atoms with Gasteiger partial charge < -0.3 is 10.8 Å². The fourth-order valence-corrected chi connectivity index (χ4v) is 2.85. The summed E-state index contributed by atoms with van der Waals surface area (Å²) < 4.78 is 22.9. The van der Waals surface area contributed by atoms with E-state index in [9.17, 15) is 8.42 Å². The Hall–Kier alpha value is 0.160. The SMILES string of the molecule is Cl.NCCCCCCS(=O)(=O)CCCCO. The van der Waals surface area contributed by atoms with Crippen LogP contribution in [0.15, 0.2) is 0 Å². The molecule has 0 saturated heterocycles. The molecule has 0 radical (unpaired) electrons. The fourth-order valence-electron chi connectivity index (χ4n) is 1.36. The molecular weight excluding hydrogens is 250 g/mol. The first-order valence-electron chi connectivity index (χ1n) is 5.64. The molecule has 0 aliphatic heterocycles. The lowest BCUT2D eigenvalue weighted by Gasteiger charge is -2.03. The van der Waals surface area contributed by atoms with Crippen molar-refractivity contribution in [2.24, 2.45) is 5.73 Å². The molecule has 0 aromatic carbocycles. The largest absolute Gasteiger partial charge is 0.396 e. The Kier molecular flexibility index (Phi) is 13.5. The van der Waals surface area contributed by atoms with Gasteiger partial charge in [0.15, 0.2) is 0 Å². The molecule has 16 heavy (non-hydrogen) atoms. The van der Waals surface area contributed by atoms with E-state index >= 15 is 0 Å². The topological polar surface area (TPSA) is 80.4 Å². The lowest BCUT2D eigenvalue weighted by atomic mass is 10.2. The van der Waals surface area contributed by atoms with Gasteiger partial charge in [-0.2, -0.15) is 0 Å². The minimum Gasteiger partial charge on any atom is -0.396 e. The van der Waals surface area contributed by atoms with Crippen LogP contribution in [0.3, 0.4) is 0 Å². The van der Waals surface area contributed by atoms with Crippen LogP contribution < -0.4 is 5.73 Å². The average molecular weight is 274 g/mol. The number of nitrogens with two attached hydrogens (primary N) is 1. The van der Waals surface area contributed by atoms with Crippen LogP contribution in [0.25, 0.3) is 0 Å². The van der Waals surface area contributed by atoms with E-state index in [4.69, 9.17) is 10.8 Å². The van der Waals surface area contributed by atoms with Crippen molar-refractivity contribution in [3.8, 4) is 0 Å². The van der Waals surface area contributed by atoms with Gasteiger partial charge in [-0.15, -0.1) is 12.4 Å². The van der Waals surface area contributed by atoms with Crippen LogP contribution in [0.4, 0.5) is 0 Å². The zero-order valence-corrected chi connectivity index (χ0v) is 11.4. The van der Waals surface area contributed by atoms with Crippen molar-refractivity contribution < 1.29 is 13.5 Å². The van der Waals surface area contributed by atoms with Gasteiger partial charge in [-0.05, 0) is 32.2 Å². The third kappa shape index (κ3) is 12.2. The highest BCUT2D eigenvalue weighted by Crippen LogP contribution is 2.04. The summed E-state index contributed by atoms with van der Waals surface area (Å²) in [6, 6.07) is 0. The Morgan fingerprint density at radius 3 is 1.88 bits per heavy atom. The Bertz CT molecular complexity index is 232. The maximum Gasteiger partial charge on any atom is 0.150 e. The van der Waals surface area contributed by atoms with Gasteiger partial charge in [0, 0.05) is 6.61 Å². The number of sulfone groups is 1. The standard InChI is InChI=1S/C10H23NO3S.ClH/c11-7-3-1-2-5-9-15(13,14)10-6-4-8-12;/h12H,1-11H2;1H. The van der Waals surface area contributed by atoms with E-state index < -0.39 is 9.84 Å². The number of hydrogen-bond donors (Lipinski definition) is 2. The van der Waals surface area contributed by atoms with E-state index in [0.29, 0.717) is 19.4 Å². The van der Waals surface area contributed by atoms with Crippen LogP contribution in [0.5, 0.6) is 0 Å². The monoisotopic (exact) mass is 273 g/mol. The lowest BCUT2D eigenvalue weighted by molar-refractivity contribution is 0.287. The summed E-state index contributed by atoms with van der Waals surface area (Å²) in [5, 5.41) is 8.53. The van der Waals surface area contributed by atoms with Crippen molar-refractivity contribution in [3.63, 3.8) is 0 Å². The van der Waals surface area contributed by atoms with E-state index in [-0.39, 0.29) is 30.5 Å². The molecule has 0 atom stereocenters. The number of unbranched alkanes of at least 4 members (excludes halogenated alkanes) is 4. The van der Waals surface area contributed by atoms with Gasteiger partial charge in [0.25, 0.3) is 0 Å². The van der Waals surface area contributed by atoms with Gasteiger partial charge in [0.2, 0.25) is 0 Å². The lowest BCUT2D eigenvalue weighted by Crippen LogP contribution is -2.11. The predicted molar refractivity (Wildman–Crippen MR) is 69.7 cm³/mol. The molecule has 0 fully saturated rings. The third-order valence-corrected chi connectivity index (χ3v) is 4.09. The molecule has 100 valence electrons. The molecular formula is C10H24ClNO3S. The van der Waals surface area contributed by atoms with E-state index in [2.05, 4.69) is 0 Å². The quantitative estimate of drug-likeness (QED) is 0.585. The van der Waals surface area contributed by atoms with E-state index in [1.807, 2.05) is 0 Å². The summed E-state index contributed by atoms with van der Waals surface area (Å²) in [6.45, 7) is 0.759. The highest BCUT2D eigenvalue weighted by molar-refractivity contribution is 7.91. The number of rotatable bonds is 10. The maximum absolute atomic E-state index is 11.4. The van der Waals surface area contributed by atoms with Gasteiger partial charge in [-0.3, -0.25) is 0 Å². The fraction of sp³-hybridized carbons (Fsp3) is 1.00. The molecule has 6 heteroatoms. The van der Waals surface area contributed by atoms with E-state index in [1.165, 1.54) is 0 Å². The van der Waals surface area contributed by atoms with E-state index in [1.54, 1.807) is 0 Å². The molecule has 0 heterocycles. The van der Waals surface area contributed by atoms with Crippen molar-refractivity contribution in [3.05, 3.63) is 0 Å². The summed E-state index contributed by atoms with van der Waals surface area (Å²) in [4.78, 5) is 0. The molecule has 0 aliphatic rings. The minimum absolute atomic E-state index is 0. The van der Waals surface area contributed by atoms with Gasteiger partial charge in [0.1, 0.15) is 9.84 Å². The summed E-state index contributed by atoms with van der Waals surface area (Å²) in [7, 11) is -2.88. The van der Waals surface area contributed by atoms with Crippen LogP contribution in [0, 0.1) is 0 Å². The number of aliphatic hydroxyl groups excluding tert-OH is 1. The molecule has 0 amide bonds. The summed E-state index contributed by atoms with van der Waals surface area (Å²) in [5.74, 6) is 0.494. The molecule has 0 aromatic rings. The second-order valence-electron chi connectivity index (χ2n) is 3.79. The summed E-state index contributed by atoms with van der Waals surface area (Å²) in [6.07, 6.45) is 4.82. The molecule has 4 nitrogen and oxygen atoms in total. The van der Waals surface area contributed by atoms with Crippen molar-refractivity contribution in [1.82, 2.24) is 0 Å². The Morgan fingerprint density at radius 2 is 1.38 bits per heavy atom. The number of aliphatic hydroxyl groups is 1. The van der Waals surface area contributed by atoms with E-state index in [0.717, 1.165) is 25.7 Å². The van der Waals surface area contributed by atoms with Crippen molar-refractivity contribution in [2.45, 2.75) is 38.5 Å². The number of hydrogen-bond acceptors (Lipinski definition) is 4. The maximum atomic E-state index is 11.4. The zero-order chi connectivity index (χ0) is 11.6. The molecule has 0 spiro atoms. The van der Waals surface area contributed by atoms with Crippen LogP contribution in [0.1, 0.15) is 38.5 Å². The van der Waals surface area contributed by atoms with Crippen LogP contribution in [-0.4, -0.2) is 38.2 Å². The highest BCUT2D eigenvalue weighted by Gasteiger charge is 2.09. The molecule has 0 rings (SSSR count). The van der Waals surface area contributed by atoms with Crippen LogP contribution >= 0.6 is 12.4 Å². The molecule has 0 unspecified atom stereocenters. The predicted octanol–water partition coefficient (Wildman–Crippen LogP) is 1.11. The smallest absolute Gasteiger partial charge is 0.150 e. The first kappa shape index (κ1) is 18.5. The van der Waals surface area contributed by atoms with Crippen molar-refractivity contribution >= 4 is 22.2 Å². The molecule has 0 aliphatic carbocycles. The van der Waals surface area contributed by atoms with Crippen LogP contribution in [-0.2, 0) is 9.84 Å². The average Bonchev–Trinajstić information content (AvgIpc) is 2.17. The minimum atomic E-state index is -2.88. The second-order valence-corrected chi connectivity index (χ2v) is 6.09.